The summed E-state index contributed by atoms with van der Waals surface area (Å²) < 4.78 is 8.47. The van der Waals surface area contributed by atoms with Gasteiger partial charge in [0.25, 0.3) is 0 Å². The van der Waals surface area contributed by atoms with Crippen LogP contribution in [0.4, 0.5) is 0 Å². The molecule has 172 valence electrons. The molecule has 0 radical (unpaired) electrons. The molecule has 3 heteroatoms. The normalized spacial score (nSPS) is 18.9. The Morgan fingerprint density at radius 1 is 0.943 bits per heavy atom. The van der Waals surface area contributed by atoms with E-state index in [1.54, 1.807) is 0 Å². The highest BCUT2D eigenvalue weighted by atomic mass is 16.5. The van der Waals surface area contributed by atoms with E-state index < -0.39 is 0 Å². The molecule has 0 N–H and O–H groups in total. The number of carbonyl (C=O) groups is 1. The summed E-state index contributed by atoms with van der Waals surface area (Å²) in [7, 11) is 0. The van der Waals surface area contributed by atoms with Gasteiger partial charge in [-0.25, -0.2) is 4.79 Å². The SMILES string of the molecule is CCC1=C(C(=O)OC2C[n+]3ccc4c(ccc5ccccc54)c3-c3ccccc32)C=CC=CC1C. The number of hydrogen-bond donors (Lipinski definition) is 0. The van der Waals surface area contributed by atoms with E-state index in [4.69, 9.17) is 4.74 Å². The molecule has 2 atom stereocenters. The molecular formula is C32H28NO2+. The molecule has 0 spiro atoms. The van der Waals surface area contributed by atoms with E-state index in [0.717, 1.165) is 23.1 Å². The summed E-state index contributed by atoms with van der Waals surface area (Å²) in [5.74, 6) is -0.0308. The smallest absolute Gasteiger partial charge is 0.338 e. The number of pyridine rings is 1. The van der Waals surface area contributed by atoms with Gasteiger partial charge < -0.3 is 4.74 Å². The lowest BCUT2D eigenvalue weighted by Gasteiger charge is -2.25. The third-order valence-electron chi connectivity index (χ3n) is 7.38. The van der Waals surface area contributed by atoms with Crippen LogP contribution in [0.3, 0.4) is 0 Å². The second-order valence-electron chi connectivity index (χ2n) is 9.37. The van der Waals surface area contributed by atoms with Crippen molar-refractivity contribution < 1.29 is 14.1 Å². The van der Waals surface area contributed by atoms with Crippen LogP contribution in [0.25, 0.3) is 32.8 Å². The van der Waals surface area contributed by atoms with Crippen LogP contribution in [0, 0.1) is 5.92 Å². The maximum Gasteiger partial charge on any atom is 0.338 e. The Morgan fingerprint density at radius 3 is 2.66 bits per heavy atom. The van der Waals surface area contributed by atoms with Gasteiger partial charge in [0.2, 0.25) is 5.69 Å². The number of nitrogens with zero attached hydrogens (tertiary/aromatic N) is 1. The van der Waals surface area contributed by atoms with E-state index in [2.05, 4.69) is 91.4 Å². The Labute approximate surface area is 205 Å². The first-order valence-electron chi connectivity index (χ1n) is 12.4. The molecule has 0 saturated heterocycles. The Bertz CT molecular complexity index is 1570. The molecule has 1 aromatic heterocycles. The lowest BCUT2D eigenvalue weighted by Crippen LogP contribution is -2.43. The minimum absolute atomic E-state index is 0.215. The highest BCUT2D eigenvalue weighted by Gasteiger charge is 2.35. The third-order valence-corrected chi connectivity index (χ3v) is 7.38. The van der Waals surface area contributed by atoms with E-state index in [0.29, 0.717) is 12.1 Å². The maximum atomic E-state index is 13.4. The number of fused-ring (bicyclic) bond motifs is 7. The molecule has 4 aromatic rings. The standard InChI is InChI=1S/C32H28NO2/c1-3-23-21(2)10-4-6-15-29(23)32(34)35-30-20-33-19-18-25-24-12-7-5-11-22(24)16-17-28(25)31(33)27-14-9-8-13-26(27)30/h4-19,21,30H,3,20H2,1-2H3/q+1. The van der Waals surface area contributed by atoms with Crippen molar-refractivity contribution in [2.45, 2.75) is 32.9 Å². The third kappa shape index (κ3) is 3.59. The van der Waals surface area contributed by atoms with Crippen LogP contribution in [-0.2, 0) is 16.1 Å². The molecule has 0 amide bonds. The molecule has 0 saturated carbocycles. The van der Waals surface area contributed by atoms with Crippen LogP contribution in [0.1, 0.15) is 31.9 Å². The second kappa shape index (κ2) is 8.66. The fourth-order valence-electron chi connectivity index (χ4n) is 5.65. The average molecular weight is 459 g/mol. The number of allylic oxidation sites excluding steroid dienone is 4. The lowest BCUT2D eigenvalue weighted by molar-refractivity contribution is -0.695. The summed E-state index contributed by atoms with van der Waals surface area (Å²) in [5, 5.41) is 4.94. The van der Waals surface area contributed by atoms with Gasteiger partial charge in [-0.2, -0.15) is 4.57 Å². The first-order valence-corrected chi connectivity index (χ1v) is 12.4. The predicted molar refractivity (Wildman–Crippen MR) is 141 cm³/mol. The molecule has 2 aliphatic rings. The van der Waals surface area contributed by atoms with Gasteiger partial charge in [0.05, 0.1) is 16.5 Å². The van der Waals surface area contributed by atoms with Crippen molar-refractivity contribution in [2.24, 2.45) is 5.92 Å². The molecule has 2 heterocycles. The summed E-state index contributed by atoms with van der Waals surface area (Å²) in [4.78, 5) is 13.4. The van der Waals surface area contributed by atoms with Gasteiger partial charge in [-0.15, -0.1) is 0 Å². The van der Waals surface area contributed by atoms with Crippen molar-refractivity contribution in [2.75, 3.05) is 0 Å². The Kier molecular flexibility index (Phi) is 5.33. The van der Waals surface area contributed by atoms with Crippen LogP contribution in [0.5, 0.6) is 0 Å². The molecule has 3 nitrogen and oxygen atoms in total. The summed E-state index contributed by atoms with van der Waals surface area (Å²) in [5.41, 5.74) is 5.16. The van der Waals surface area contributed by atoms with Gasteiger partial charge in [0.1, 0.15) is 0 Å². The minimum Gasteiger partial charge on any atom is -0.447 e. The van der Waals surface area contributed by atoms with E-state index in [1.807, 2.05) is 24.3 Å². The number of ether oxygens (including phenoxy) is 1. The largest absolute Gasteiger partial charge is 0.447 e. The molecule has 1 aliphatic carbocycles. The van der Waals surface area contributed by atoms with Crippen LogP contribution in [0.15, 0.2) is 108 Å². The second-order valence-corrected chi connectivity index (χ2v) is 9.37. The fourth-order valence-corrected chi connectivity index (χ4v) is 5.65. The quantitative estimate of drug-likeness (QED) is 0.188. The first kappa shape index (κ1) is 21.5. The minimum atomic E-state index is -0.348. The average Bonchev–Trinajstić information content (AvgIpc) is 3.09. The van der Waals surface area contributed by atoms with E-state index in [9.17, 15) is 4.79 Å². The number of hydrogen-bond acceptors (Lipinski definition) is 2. The maximum absolute atomic E-state index is 13.4. The predicted octanol–water partition coefficient (Wildman–Crippen LogP) is 7.01. The number of carbonyl (C=O) groups excluding carboxylic acids is 1. The van der Waals surface area contributed by atoms with Crippen molar-refractivity contribution in [3.63, 3.8) is 0 Å². The zero-order valence-corrected chi connectivity index (χ0v) is 20.1. The van der Waals surface area contributed by atoms with Crippen molar-refractivity contribution in [1.29, 1.82) is 0 Å². The van der Waals surface area contributed by atoms with Crippen LogP contribution in [-0.4, -0.2) is 5.97 Å². The van der Waals surface area contributed by atoms with Crippen LogP contribution < -0.4 is 4.57 Å². The zero-order chi connectivity index (χ0) is 23.9. The van der Waals surface area contributed by atoms with E-state index in [-0.39, 0.29) is 18.0 Å². The van der Waals surface area contributed by atoms with Gasteiger partial charge in [-0.1, -0.05) is 80.6 Å². The molecule has 3 aromatic carbocycles. The van der Waals surface area contributed by atoms with E-state index in [1.165, 1.54) is 27.2 Å². The molecule has 1 aliphatic heterocycles. The van der Waals surface area contributed by atoms with Crippen molar-refractivity contribution in [1.82, 2.24) is 0 Å². The molecule has 0 fully saturated rings. The number of benzene rings is 3. The highest BCUT2D eigenvalue weighted by molar-refractivity contribution is 6.10. The Morgan fingerprint density at radius 2 is 1.77 bits per heavy atom. The topological polar surface area (TPSA) is 30.2 Å². The van der Waals surface area contributed by atoms with Gasteiger partial charge in [-0.05, 0) is 46.9 Å². The lowest BCUT2D eigenvalue weighted by atomic mass is 9.91. The summed E-state index contributed by atoms with van der Waals surface area (Å²) in [6.07, 6.45) is 10.6. The first-order chi connectivity index (χ1) is 17.2. The summed E-state index contributed by atoms with van der Waals surface area (Å²) in [6.45, 7) is 4.82. The van der Waals surface area contributed by atoms with E-state index >= 15 is 0 Å². The summed E-state index contributed by atoms with van der Waals surface area (Å²) >= 11 is 0. The molecule has 0 bridgehead atoms. The van der Waals surface area contributed by atoms with Gasteiger partial charge in [0.15, 0.2) is 18.8 Å². The number of aromatic nitrogens is 1. The fraction of sp³-hybridized carbons (Fsp3) is 0.188. The number of rotatable bonds is 3. The van der Waals surface area contributed by atoms with Crippen molar-refractivity contribution in [3.8, 4) is 11.3 Å². The molecule has 2 unspecified atom stereocenters. The Hall–Kier alpha value is -3.98. The van der Waals surface area contributed by atoms with Crippen molar-refractivity contribution >= 4 is 27.5 Å². The summed E-state index contributed by atoms with van der Waals surface area (Å²) in [6, 6.07) is 23.4. The molecular weight excluding hydrogens is 430 g/mol. The highest BCUT2D eigenvalue weighted by Crippen LogP contribution is 2.39. The molecule has 6 rings (SSSR count). The molecule has 35 heavy (non-hydrogen) atoms. The Balaban J connectivity index is 1.44. The van der Waals surface area contributed by atoms with Crippen LogP contribution >= 0.6 is 0 Å². The zero-order valence-electron chi connectivity index (χ0n) is 20.1. The monoisotopic (exact) mass is 458 g/mol. The van der Waals surface area contributed by atoms with Gasteiger partial charge in [0, 0.05) is 17.0 Å². The van der Waals surface area contributed by atoms with Gasteiger partial charge >= 0.3 is 5.97 Å². The van der Waals surface area contributed by atoms with Crippen LogP contribution in [0.2, 0.25) is 0 Å². The number of esters is 1. The van der Waals surface area contributed by atoms with Crippen molar-refractivity contribution in [3.05, 3.63) is 114 Å². The van der Waals surface area contributed by atoms with Gasteiger partial charge in [-0.3, -0.25) is 0 Å².